The molecule has 2 aromatic carbocycles. The Morgan fingerprint density at radius 3 is 2.08 bits per heavy atom. The number of primary amides is 1. The summed E-state index contributed by atoms with van der Waals surface area (Å²) in [5, 5.41) is 3.47. The Labute approximate surface area is 150 Å². The molecule has 0 aliphatic carbocycles. The number of carbonyl (C=O) groups is 1. The number of nitrogens with two attached hydrogens (primary N) is 1. The first kappa shape index (κ1) is 17.6. The van der Waals surface area contributed by atoms with Crippen molar-refractivity contribution in [2.75, 3.05) is 19.6 Å². The van der Waals surface area contributed by atoms with Crippen LogP contribution in [0.5, 0.6) is 0 Å². The molecule has 0 radical (unpaired) electrons. The third-order valence-electron chi connectivity index (χ3n) is 5.15. The van der Waals surface area contributed by atoms with Gasteiger partial charge in [-0.2, -0.15) is 0 Å². The Morgan fingerprint density at radius 1 is 0.960 bits per heavy atom. The van der Waals surface area contributed by atoms with Crippen molar-refractivity contribution in [2.24, 2.45) is 5.73 Å². The summed E-state index contributed by atoms with van der Waals surface area (Å²) < 4.78 is 0. The van der Waals surface area contributed by atoms with Crippen LogP contribution in [0.15, 0.2) is 60.7 Å². The van der Waals surface area contributed by atoms with Gasteiger partial charge in [-0.1, -0.05) is 60.7 Å². The van der Waals surface area contributed by atoms with Crippen LogP contribution in [0.25, 0.3) is 0 Å². The van der Waals surface area contributed by atoms with E-state index < -0.39 is 5.54 Å². The van der Waals surface area contributed by atoms with Crippen molar-refractivity contribution in [3.8, 4) is 0 Å². The second kappa shape index (κ2) is 8.28. The second-order valence-electron chi connectivity index (χ2n) is 6.87. The summed E-state index contributed by atoms with van der Waals surface area (Å²) in [6.07, 6.45) is 2.44. The van der Waals surface area contributed by atoms with Gasteiger partial charge in [0.2, 0.25) is 5.91 Å². The van der Waals surface area contributed by atoms with Gasteiger partial charge in [0.15, 0.2) is 0 Å². The van der Waals surface area contributed by atoms with Crippen LogP contribution in [-0.2, 0) is 17.8 Å². The third-order valence-corrected chi connectivity index (χ3v) is 5.15. The molecule has 3 rings (SSSR count). The van der Waals surface area contributed by atoms with Crippen LogP contribution in [0.4, 0.5) is 0 Å². The number of piperidine rings is 1. The minimum absolute atomic E-state index is 0.222. The third kappa shape index (κ3) is 4.68. The van der Waals surface area contributed by atoms with Gasteiger partial charge in [0.1, 0.15) is 5.54 Å². The molecule has 1 fully saturated rings. The van der Waals surface area contributed by atoms with E-state index in [0.29, 0.717) is 0 Å². The zero-order valence-corrected chi connectivity index (χ0v) is 14.7. The highest BCUT2D eigenvalue weighted by Gasteiger charge is 2.39. The van der Waals surface area contributed by atoms with Gasteiger partial charge < -0.3 is 11.1 Å². The Hall–Kier alpha value is -2.17. The molecule has 4 heteroatoms. The second-order valence-corrected chi connectivity index (χ2v) is 6.87. The summed E-state index contributed by atoms with van der Waals surface area (Å²) in [6, 6.07) is 20.8. The summed E-state index contributed by atoms with van der Waals surface area (Å²) in [7, 11) is 0. The molecule has 0 bridgehead atoms. The molecule has 0 atom stereocenters. The van der Waals surface area contributed by atoms with Crippen molar-refractivity contribution in [1.29, 1.82) is 0 Å². The maximum atomic E-state index is 12.1. The monoisotopic (exact) mass is 337 g/mol. The summed E-state index contributed by atoms with van der Waals surface area (Å²) in [5.41, 5.74) is 7.78. The Bertz CT molecular complexity index is 664. The maximum absolute atomic E-state index is 12.1. The molecule has 1 amide bonds. The molecule has 0 saturated carbocycles. The van der Waals surface area contributed by atoms with E-state index in [1.807, 2.05) is 24.3 Å². The molecule has 132 valence electrons. The van der Waals surface area contributed by atoms with E-state index in [0.717, 1.165) is 45.4 Å². The van der Waals surface area contributed by atoms with Crippen LogP contribution in [-0.4, -0.2) is 36.0 Å². The van der Waals surface area contributed by atoms with Crippen molar-refractivity contribution >= 4 is 5.91 Å². The molecule has 1 heterocycles. The van der Waals surface area contributed by atoms with Gasteiger partial charge in [-0.15, -0.1) is 0 Å². The number of amides is 1. The molecule has 0 aromatic heterocycles. The molecular weight excluding hydrogens is 310 g/mol. The zero-order chi connectivity index (χ0) is 17.5. The highest BCUT2D eigenvalue weighted by atomic mass is 16.1. The summed E-state index contributed by atoms with van der Waals surface area (Å²) in [5.74, 6) is -0.222. The summed E-state index contributed by atoms with van der Waals surface area (Å²) in [4.78, 5) is 14.5. The highest BCUT2D eigenvalue weighted by molar-refractivity contribution is 5.84. The lowest BCUT2D eigenvalue weighted by Gasteiger charge is -2.40. The van der Waals surface area contributed by atoms with E-state index in [1.165, 1.54) is 11.1 Å². The number of rotatable bonds is 7. The molecule has 1 aliphatic rings. The molecular formula is C21H27N3O. The fourth-order valence-electron chi connectivity index (χ4n) is 3.54. The van der Waals surface area contributed by atoms with Gasteiger partial charge in [-0.05, 0) is 30.4 Å². The van der Waals surface area contributed by atoms with Crippen LogP contribution in [0.2, 0.25) is 0 Å². The van der Waals surface area contributed by atoms with Gasteiger partial charge in [0, 0.05) is 26.2 Å². The number of hydrogen-bond donors (Lipinski definition) is 2. The SMILES string of the molecule is NC(=O)C1(NCCc2ccccc2)CCN(Cc2ccccc2)CC1. The van der Waals surface area contributed by atoms with Gasteiger partial charge >= 0.3 is 0 Å². The first-order valence-corrected chi connectivity index (χ1v) is 9.03. The fourth-order valence-corrected chi connectivity index (χ4v) is 3.54. The van der Waals surface area contributed by atoms with E-state index in [-0.39, 0.29) is 5.91 Å². The zero-order valence-electron chi connectivity index (χ0n) is 14.7. The predicted octanol–water partition coefficient (Wildman–Crippen LogP) is 2.34. The quantitative estimate of drug-likeness (QED) is 0.815. The number of carbonyl (C=O) groups excluding carboxylic acids is 1. The largest absolute Gasteiger partial charge is 0.368 e. The van der Waals surface area contributed by atoms with Gasteiger partial charge in [0.25, 0.3) is 0 Å². The van der Waals surface area contributed by atoms with Crippen molar-refractivity contribution in [2.45, 2.75) is 31.3 Å². The molecule has 25 heavy (non-hydrogen) atoms. The normalized spacial score (nSPS) is 17.3. The number of likely N-dealkylation sites (tertiary alicyclic amines) is 1. The Morgan fingerprint density at radius 2 is 1.52 bits per heavy atom. The Kier molecular flexibility index (Phi) is 5.84. The van der Waals surface area contributed by atoms with Crippen molar-refractivity contribution in [3.05, 3.63) is 71.8 Å². The van der Waals surface area contributed by atoms with Crippen LogP contribution < -0.4 is 11.1 Å². The molecule has 0 spiro atoms. The number of benzene rings is 2. The van der Waals surface area contributed by atoms with Crippen LogP contribution in [0, 0.1) is 0 Å². The minimum Gasteiger partial charge on any atom is -0.368 e. The first-order chi connectivity index (χ1) is 12.2. The smallest absolute Gasteiger partial charge is 0.237 e. The topological polar surface area (TPSA) is 58.4 Å². The van der Waals surface area contributed by atoms with Crippen LogP contribution in [0.1, 0.15) is 24.0 Å². The van der Waals surface area contributed by atoms with E-state index in [1.54, 1.807) is 0 Å². The predicted molar refractivity (Wildman–Crippen MR) is 101 cm³/mol. The van der Waals surface area contributed by atoms with E-state index >= 15 is 0 Å². The Balaban J connectivity index is 1.53. The van der Waals surface area contributed by atoms with E-state index in [9.17, 15) is 4.79 Å². The van der Waals surface area contributed by atoms with E-state index in [4.69, 9.17) is 5.73 Å². The van der Waals surface area contributed by atoms with Crippen LogP contribution >= 0.6 is 0 Å². The molecule has 2 aromatic rings. The molecule has 3 N–H and O–H groups in total. The number of hydrogen-bond acceptors (Lipinski definition) is 3. The van der Waals surface area contributed by atoms with Gasteiger partial charge in [-0.3, -0.25) is 9.69 Å². The van der Waals surface area contributed by atoms with Crippen molar-refractivity contribution < 1.29 is 4.79 Å². The highest BCUT2D eigenvalue weighted by Crippen LogP contribution is 2.23. The standard InChI is InChI=1S/C21H27N3O/c22-20(25)21(23-14-11-18-7-3-1-4-8-18)12-15-24(16-13-21)17-19-9-5-2-6-10-19/h1-10,23H,11-17H2,(H2,22,25). The average Bonchev–Trinajstić information content (AvgIpc) is 2.65. The maximum Gasteiger partial charge on any atom is 0.237 e. The van der Waals surface area contributed by atoms with E-state index in [2.05, 4.69) is 46.6 Å². The first-order valence-electron chi connectivity index (χ1n) is 9.03. The van der Waals surface area contributed by atoms with Gasteiger partial charge in [0.05, 0.1) is 0 Å². The lowest BCUT2D eigenvalue weighted by molar-refractivity contribution is -0.126. The minimum atomic E-state index is -0.567. The van der Waals surface area contributed by atoms with Crippen molar-refractivity contribution in [3.63, 3.8) is 0 Å². The lowest BCUT2D eigenvalue weighted by atomic mass is 9.86. The lowest BCUT2D eigenvalue weighted by Crippen LogP contribution is -2.61. The average molecular weight is 337 g/mol. The van der Waals surface area contributed by atoms with Gasteiger partial charge in [-0.25, -0.2) is 0 Å². The molecule has 0 unspecified atom stereocenters. The summed E-state index contributed by atoms with van der Waals surface area (Å²) in [6.45, 7) is 3.47. The van der Waals surface area contributed by atoms with Crippen molar-refractivity contribution in [1.82, 2.24) is 10.2 Å². The molecule has 1 saturated heterocycles. The summed E-state index contributed by atoms with van der Waals surface area (Å²) >= 11 is 0. The number of nitrogens with one attached hydrogen (secondary N) is 1. The fraction of sp³-hybridized carbons (Fsp3) is 0.381. The molecule has 4 nitrogen and oxygen atoms in total. The van der Waals surface area contributed by atoms with Crippen LogP contribution in [0.3, 0.4) is 0 Å². The number of nitrogens with zero attached hydrogens (tertiary/aromatic N) is 1. The molecule has 1 aliphatic heterocycles.